The van der Waals surface area contributed by atoms with Crippen LogP contribution in [0.3, 0.4) is 0 Å². The van der Waals surface area contributed by atoms with E-state index in [1.807, 2.05) is 18.2 Å². The van der Waals surface area contributed by atoms with Gasteiger partial charge in [-0.1, -0.05) is 37.3 Å². The molecule has 0 saturated heterocycles. The summed E-state index contributed by atoms with van der Waals surface area (Å²) in [7, 11) is 0. The van der Waals surface area contributed by atoms with E-state index in [2.05, 4.69) is 29.4 Å². The summed E-state index contributed by atoms with van der Waals surface area (Å²) >= 11 is 0. The van der Waals surface area contributed by atoms with Gasteiger partial charge in [-0.25, -0.2) is 4.98 Å². The predicted octanol–water partition coefficient (Wildman–Crippen LogP) is 2.70. The summed E-state index contributed by atoms with van der Waals surface area (Å²) in [5.74, 6) is 0.453. The van der Waals surface area contributed by atoms with E-state index in [9.17, 15) is 4.79 Å². The molecule has 1 aromatic heterocycles. The summed E-state index contributed by atoms with van der Waals surface area (Å²) in [4.78, 5) is 16.2. The molecule has 2 aromatic rings. The van der Waals surface area contributed by atoms with E-state index in [1.165, 1.54) is 5.56 Å². The number of rotatable bonds is 7. The lowest BCUT2D eigenvalue weighted by Gasteiger charge is -2.08. The van der Waals surface area contributed by atoms with Gasteiger partial charge in [-0.3, -0.25) is 4.79 Å². The van der Waals surface area contributed by atoms with E-state index in [-0.39, 0.29) is 5.56 Å². The normalized spacial score (nSPS) is 10.4. The van der Waals surface area contributed by atoms with Crippen molar-refractivity contribution in [2.24, 2.45) is 0 Å². The molecule has 0 atom stereocenters. The number of hydrogen-bond acceptors (Lipinski definition) is 3. The zero-order chi connectivity index (χ0) is 14.2. The summed E-state index contributed by atoms with van der Waals surface area (Å²) in [5.41, 5.74) is 1.28. The number of anilines is 1. The Kier molecular flexibility index (Phi) is 5.35. The average Bonchev–Trinajstić information content (AvgIpc) is 2.48. The molecule has 0 bridgehead atoms. The molecular formula is C16H21N3O. The lowest BCUT2D eigenvalue weighted by Crippen LogP contribution is -2.24. The predicted molar refractivity (Wildman–Crippen MR) is 82.0 cm³/mol. The standard InChI is InChI=1S/C16H21N3O/c1-2-12-19-13-11-18-15(16(19)20)17-10-6-9-14-7-4-3-5-8-14/h3-5,7-8,11,13H,2,6,9-10,12H2,1H3,(H,17,18). The first kappa shape index (κ1) is 14.3. The van der Waals surface area contributed by atoms with Gasteiger partial charge in [0.05, 0.1) is 0 Å². The Hall–Kier alpha value is -2.10. The fourth-order valence-electron chi connectivity index (χ4n) is 2.13. The summed E-state index contributed by atoms with van der Waals surface area (Å²) in [5, 5.41) is 3.14. The number of aryl methyl sites for hydroxylation is 2. The van der Waals surface area contributed by atoms with Crippen molar-refractivity contribution in [2.45, 2.75) is 32.7 Å². The van der Waals surface area contributed by atoms with Gasteiger partial charge < -0.3 is 9.88 Å². The maximum atomic E-state index is 12.1. The molecule has 4 nitrogen and oxygen atoms in total. The molecule has 1 aromatic carbocycles. The number of aromatic nitrogens is 2. The van der Waals surface area contributed by atoms with Gasteiger partial charge in [0.15, 0.2) is 5.82 Å². The van der Waals surface area contributed by atoms with Crippen molar-refractivity contribution in [3.63, 3.8) is 0 Å². The second-order valence-corrected chi connectivity index (χ2v) is 4.79. The maximum Gasteiger partial charge on any atom is 0.293 e. The van der Waals surface area contributed by atoms with E-state index >= 15 is 0 Å². The number of benzene rings is 1. The molecule has 0 amide bonds. The molecule has 0 unspecified atom stereocenters. The minimum atomic E-state index is -0.0333. The molecule has 1 heterocycles. The number of nitrogens with one attached hydrogen (secondary N) is 1. The van der Waals surface area contributed by atoms with Crippen LogP contribution < -0.4 is 10.9 Å². The molecule has 0 fully saturated rings. The van der Waals surface area contributed by atoms with Crippen molar-refractivity contribution in [1.29, 1.82) is 0 Å². The van der Waals surface area contributed by atoms with Crippen LogP contribution in [0.1, 0.15) is 25.3 Å². The van der Waals surface area contributed by atoms with Crippen LogP contribution in [-0.2, 0) is 13.0 Å². The molecule has 0 radical (unpaired) electrons. The van der Waals surface area contributed by atoms with E-state index in [4.69, 9.17) is 0 Å². The van der Waals surface area contributed by atoms with Crippen LogP contribution in [0.2, 0.25) is 0 Å². The highest BCUT2D eigenvalue weighted by Crippen LogP contribution is 2.02. The van der Waals surface area contributed by atoms with Gasteiger partial charge in [-0.2, -0.15) is 0 Å². The highest BCUT2D eigenvalue weighted by atomic mass is 16.1. The summed E-state index contributed by atoms with van der Waals surface area (Å²) in [6.07, 6.45) is 6.34. The Labute approximate surface area is 119 Å². The lowest BCUT2D eigenvalue weighted by atomic mass is 10.1. The van der Waals surface area contributed by atoms with Crippen LogP contribution in [0.25, 0.3) is 0 Å². The second kappa shape index (κ2) is 7.48. The first-order valence-corrected chi connectivity index (χ1v) is 7.14. The van der Waals surface area contributed by atoms with Crippen molar-refractivity contribution >= 4 is 5.82 Å². The molecule has 20 heavy (non-hydrogen) atoms. The van der Waals surface area contributed by atoms with E-state index in [0.29, 0.717) is 5.82 Å². The van der Waals surface area contributed by atoms with Crippen molar-refractivity contribution in [3.8, 4) is 0 Å². The first-order chi connectivity index (χ1) is 9.81. The third kappa shape index (κ3) is 3.95. The monoisotopic (exact) mass is 271 g/mol. The minimum absolute atomic E-state index is 0.0333. The van der Waals surface area contributed by atoms with Crippen LogP contribution in [0.15, 0.2) is 47.5 Å². The van der Waals surface area contributed by atoms with Crippen LogP contribution in [0.5, 0.6) is 0 Å². The van der Waals surface area contributed by atoms with Crippen LogP contribution in [-0.4, -0.2) is 16.1 Å². The molecule has 106 valence electrons. The highest BCUT2D eigenvalue weighted by Gasteiger charge is 2.03. The zero-order valence-corrected chi connectivity index (χ0v) is 11.9. The third-order valence-electron chi connectivity index (χ3n) is 3.16. The van der Waals surface area contributed by atoms with E-state index in [0.717, 1.165) is 32.4 Å². The molecule has 1 N–H and O–H groups in total. The highest BCUT2D eigenvalue weighted by molar-refractivity contribution is 5.30. The Balaban J connectivity index is 1.85. The SMILES string of the molecule is CCCn1ccnc(NCCCc2ccccc2)c1=O. The fourth-order valence-corrected chi connectivity index (χ4v) is 2.13. The van der Waals surface area contributed by atoms with Gasteiger partial charge in [-0.05, 0) is 24.8 Å². The smallest absolute Gasteiger partial charge is 0.293 e. The van der Waals surface area contributed by atoms with Gasteiger partial charge in [0, 0.05) is 25.5 Å². The molecule has 0 aliphatic carbocycles. The van der Waals surface area contributed by atoms with Gasteiger partial charge >= 0.3 is 0 Å². The molecule has 4 heteroatoms. The second-order valence-electron chi connectivity index (χ2n) is 4.79. The van der Waals surface area contributed by atoms with Crippen molar-refractivity contribution < 1.29 is 0 Å². The van der Waals surface area contributed by atoms with E-state index in [1.54, 1.807) is 17.0 Å². The van der Waals surface area contributed by atoms with Crippen LogP contribution >= 0.6 is 0 Å². The van der Waals surface area contributed by atoms with Crippen LogP contribution in [0, 0.1) is 0 Å². The Morgan fingerprint density at radius 3 is 2.80 bits per heavy atom. The minimum Gasteiger partial charge on any atom is -0.365 e. The van der Waals surface area contributed by atoms with Crippen molar-refractivity contribution in [2.75, 3.05) is 11.9 Å². The summed E-state index contributed by atoms with van der Waals surface area (Å²) < 4.78 is 1.70. The molecular weight excluding hydrogens is 250 g/mol. The van der Waals surface area contributed by atoms with E-state index < -0.39 is 0 Å². The molecule has 2 rings (SSSR count). The molecule has 0 saturated carbocycles. The number of hydrogen-bond donors (Lipinski definition) is 1. The Bertz CT molecular complexity index is 578. The van der Waals surface area contributed by atoms with Crippen molar-refractivity contribution in [3.05, 3.63) is 58.6 Å². The van der Waals surface area contributed by atoms with Gasteiger partial charge in [0.2, 0.25) is 0 Å². The largest absolute Gasteiger partial charge is 0.365 e. The third-order valence-corrected chi connectivity index (χ3v) is 3.16. The summed E-state index contributed by atoms with van der Waals surface area (Å²) in [6, 6.07) is 10.4. The van der Waals surface area contributed by atoms with Crippen molar-refractivity contribution in [1.82, 2.24) is 9.55 Å². The molecule has 0 aliphatic heterocycles. The first-order valence-electron chi connectivity index (χ1n) is 7.14. The zero-order valence-electron chi connectivity index (χ0n) is 11.9. The molecule has 0 spiro atoms. The van der Waals surface area contributed by atoms with Gasteiger partial charge in [0.25, 0.3) is 5.56 Å². The summed E-state index contributed by atoms with van der Waals surface area (Å²) in [6.45, 7) is 3.55. The average molecular weight is 271 g/mol. The fraction of sp³-hybridized carbons (Fsp3) is 0.375. The number of nitrogens with zero attached hydrogens (tertiary/aromatic N) is 2. The molecule has 0 aliphatic rings. The van der Waals surface area contributed by atoms with Gasteiger partial charge in [0.1, 0.15) is 0 Å². The van der Waals surface area contributed by atoms with Crippen LogP contribution in [0.4, 0.5) is 5.82 Å². The Morgan fingerprint density at radius 2 is 2.05 bits per heavy atom. The van der Waals surface area contributed by atoms with Gasteiger partial charge in [-0.15, -0.1) is 0 Å². The lowest BCUT2D eigenvalue weighted by molar-refractivity contribution is 0.649. The topological polar surface area (TPSA) is 46.9 Å². The Morgan fingerprint density at radius 1 is 1.25 bits per heavy atom. The quantitative estimate of drug-likeness (QED) is 0.788. The maximum absolute atomic E-state index is 12.1.